The highest BCUT2D eigenvalue weighted by atomic mass is 32.1. The zero-order valence-electron chi connectivity index (χ0n) is 9.53. The van der Waals surface area contributed by atoms with Crippen molar-refractivity contribution in [3.05, 3.63) is 11.6 Å². The van der Waals surface area contributed by atoms with Gasteiger partial charge in [0.1, 0.15) is 5.82 Å². The molecule has 1 rings (SSSR count). The topological polar surface area (TPSA) is 56.7 Å². The Hall–Kier alpha value is -0.970. The lowest BCUT2D eigenvalue weighted by atomic mass is 10.2. The number of aromatic nitrogens is 3. The summed E-state index contributed by atoms with van der Waals surface area (Å²) in [5.74, 6) is 1.90. The summed E-state index contributed by atoms with van der Waals surface area (Å²) in [5.41, 5.74) is 5.53. The highest BCUT2D eigenvalue weighted by Crippen LogP contribution is 2.13. The maximum Gasteiger partial charge on any atom is 0.150 e. The van der Waals surface area contributed by atoms with Crippen LogP contribution >= 0.6 is 12.2 Å². The first-order chi connectivity index (χ1) is 7.08. The van der Waals surface area contributed by atoms with Crippen LogP contribution in [0.25, 0.3) is 0 Å². The molecule has 0 aliphatic rings. The van der Waals surface area contributed by atoms with Crippen molar-refractivity contribution in [2.45, 2.75) is 46.1 Å². The van der Waals surface area contributed by atoms with Gasteiger partial charge in [-0.05, 0) is 6.92 Å². The average molecular weight is 226 g/mol. The molecular weight excluding hydrogens is 208 g/mol. The Kier molecular flexibility index (Phi) is 4.20. The number of hydrogen-bond donors (Lipinski definition) is 1. The maximum atomic E-state index is 5.53. The lowest BCUT2D eigenvalue weighted by Gasteiger charge is -2.12. The molecular formula is C10H18N4S. The molecule has 2 N–H and O–H groups in total. The van der Waals surface area contributed by atoms with Crippen molar-refractivity contribution in [2.75, 3.05) is 0 Å². The molecule has 15 heavy (non-hydrogen) atoms. The van der Waals surface area contributed by atoms with Gasteiger partial charge in [0.2, 0.25) is 0 Å². The molecule has 5 heteroatoms. The standard InChI is InChI=1S/C10H18N4S/c1-4-9-12-10(5-2)14(13-9)7(3)6-8(11)15/h7H,4-6H2,1-3H3,(H2,11,15). The van der Waals surface area contributed by atoms with E-state index in [1.54, 1.807) is 0 Å². The number of aryl methyl sites for hydroxylation is 2. The highest BCUT2D eigenvalue weighted by molar-refractivity contribution is 7.80. The molecule has 84 valence electrons. The van der Waals surface area contributed by atoms with Gasteiger partial charge in [0.25, 0.3) is 0 Å². The summed E-state index contributed by atoms with van der Waals surface area (Å²) in [4.78, 5) is 4.97. The van der Waals surface area contributed by atoms with E-state index >= 15 is 0 Å². The molecule has 0 fully saturated rings. The molecule has 1 aromatic heterocycles. The Morgan fingerprint density at radius 2 is 2.13 bits per heavy atom. The molecule has 0 aromatic carbocycles. The van der Waals surface area contributed by atoms with Crippen LogP contribution in [0.5, 0.6) is 0 Å². The molecule has 0 bridgehead atoms. The Labute approximate surface area is 95.9 Å². The normalized spacial score (nSPS) is 12.7. The minimum Gasteiger partial charge on any atom is -0.393 e. The van der Waals surface area contributed by atoms with Crippen molar-refractivity contribution in [2.24, 2.45) is 5.73 Å². The average Bonchev–Trinajstić information content (AvgIpc) is 2.59. The van der Waals surface area contributed by atoms with Crippen molar-refractivity contribution in [3.63, 3.8) is 0 Å². The first kappa shape index (κ1) is 12.1. The van der Waals surface area contributed by atoms with Gasteiger partial charge in [-0.2, -0.15) is 5.10 Å². The van der Waals surface area contributed by atoms with Crippen molar-refractivity contribution >= 4 is 17.2 Å². The lowest BCUT2D eigenvalue weighted by molar-refractivity contribution is 0.483. The van der Waals surface area contributed by atoms with Crippen molar-refractivity contribution in [1.29, 1.82) is 0 Å². The monoisotopic (exact) mass is 226 g/mol. The quantitative estimate of drug-likeness (QED) is 0.775. The molecule has 0 radical (unpaired) electrons. The number of hydrogen-bond acceptors (Lipinski definition) is 3. The zero-order chi connectivity index (χ0) is 11.4. The lowest BCUT2D eigenvalue weighted by Crippen LogP contribution is -2.18. The second-order valence-electron chi connectivity index (χ2n) is 3.62. The largest absolute Gasteiger partial charge is 0.393 e. The van der Waals surface area contributed by atoms with Crippen molar-refractivity contribution in [3.8, 4) is 0 Å². The summed E-state index contributed by atoms with van der Waals surface area (Å²) < 4.78 is 1.94. The molecule has 0 aliphatic heterocycles. The van der Waals surface area contributed by atoms with Crippen LogP contribution in [0.1, 0.15) is 44.9 Å². The first-order valence-corrected chi connectivity index (χ1v) is 5.71. The number of thiocarbonyl (C=S) groups is 1. The van der Waals surface area contributed by atoms with E-state index < -0.39 is 0 Å². The third-order valence-corrected chi connectivity index (χ3v) is 2.46. The van der Waals surface area contributed by atoms with E-state index in [2.05, 4.69) is 30.9 Å². The summed E-state index contributed by atoms with van der Waals surface area (Å²) in [6.07, 6.45) is 2.42. The van der Waals surface area contributed by atoms with Crippen LogP contribution < -0.4 is 5.73 Å². The van der Waals surface area contributed by atoms with Gasteiger partial charge in [0.05, 0.1) is 11.0 Å². The van der Waals surface area contributed by atoms with Crippen LogP contribution in [-0.2, 0) is 12.8 Å². The van der Waals surface area contributed by atoms with E-state index in [9.17, 15) is 0 Å². The Bertz CT molecular complexity index is 345. The van der Waals surface area contributed by atoms with E-state index in [4.69, 9.17) is 18.0 Å². The predicted molar refractivity (Wildman–Crippen MR) is 64.9 cm³/mol. The molecule has 1 heterocycles. The fourth-order valence-corrected chi connectivity index (χ4v) is 1.77. The van der Waals surface area contributed by atoms with Crippen molar-refractivity contribution in [1.82, 2.24) is 14.8 Å². The third kappa shape index (κ3) is 2.99. The Morgan fingerprint density at radius 1 is 1.47 bits per heavy atom. The smallest absolute Gasteiger partial charge is 0.150 e. The minimum atomic E-state index is 0.199. The predicted octanol–water partition coefficient (Wildman–Crippen LogP) is 1.64. The molecule has 0 saturated heterocycles. The summed E-state index contributed by atoms with van der Waals surface area (Å²) in [7, 11) is 0. The van der Waals surface area contributed by atoms with E-state index in [1.807, 2.05) is 4.68 Å². The van der Waals surface area contributed by atoms with E-state index in [-0.39, 0.29) is 6.04 Å². The molecule has 0 spiro atoms. The molecule has 1 atom stereocenters. The molecule has 1 unspecified atom stereocenters. The second kappa shape index (κ2) is 5.21. The molecule has 4 nitrogen and oxygen atoms in total. The van der Waals surface area contributed by atoms with Gasteiger partial charge in [-0.3, -0.25) is 0 Å². The van der Waals surface area contributed by atoms with Crippen molar-refractivity contribution < 1.29 is 0 Å². The van der Waals surface area contributed by atoms with Gasteiger partial charge in [-0.25, -0.2) is 9.67 Å². The number of nitrogens with two attached hydrogens (primary N) is 1. The van der Waals surface area contributed by atoms with Gasteiger partial charge in [0, 0.05) is 19.3 Å². The minimum absolute atomic E-state index is 0.199. The fraction of sp³-hybridized carbons (Fsp3) is 0.700. The third-order valence-electron chi connectivity index (χ3n) is 2.29. The number of nitrogens with zero attached hydrogens (tertiary/aromatic N) is 3. The van der Waals surface area contributed by atoms with Crippen LogP contribution in [-0.4, -0.2) is 19.8 Å². The fourth-order valence-electron chi connectivity index (χ4n) is 1.53. The highest BCUT2D eigenvalue weighted by Gasteiger charge is 2.13. The SMILES string of the molecule is CCc1nc(CC)n(C(C)CC(N)=S)n1. The van der Waals surface area contributed by atoms with Crippen LogP contribution in [0.2, 0.25) is 0 Å². The first-order valence-electron chi connectivity index (χ1n) is 5.31. The van der Waals surface area contributed by atoms with Gasteiger partial charge >= 0.3 is 0 Å². The molecule has 1 aromatic rings. The van der Waals surface area contributed by atoms with Gasteiger partial charge in [-0.15, -0.1) is 0 Å². The van der Waals surface area contributed by atoms with E-state index in [0.29, 0.717) is 11.4 Å². The molecule has 0 saturated carbocycles. The summed E-state index contributed by atoms with van der Waals surface area (Å²) in [6, 6.07) is 0.199. The van der Waals surface area contributed by atoms with Crippen LogP contribution in [0.3, 0.4) is 0 Å². The van der Waals surface area contributed by atoms with Gasteiger partial charge in [0.15, 0.2) is 5.82 Å². The second-order valence-corrected chi connectivity index (χ2v) is 4.14. The van der Waals surface area contributed by atoms with Crippen LogP contribution in [0.15, 0.2) is 0 Å². The zero-order valence-corrected chi connectivity index (χ0v) is 10.3. The van der Waals surface area contributed by atoms with Crippen LogP contribution in [0, 0.1) is 0 Å². The molecule has 0 aliphatic carbocycles. The summed E-state index contributed by atoms with van der Waals surface area (Å²) >= 11 is 4.90. The van der Waals surface area contributed by atoms with E-state index in [1.165, 1.54) is 0 Å². The Morgan fingerprint density at radius 3 is 2.60 bits per heavy atom. The maximum absolute atomic E-state index is 5.53. The Balaban J connectivity index is 2.90. The molecule has 0 amide bonds. The van der Waals surface area contributed by atoms with Gasteiger partial charge < -0.3 is 5.73 Å². The van der Waals surface area contributed by atoms with Crippen LogP contribution in [0.4, 0.5) is 0 Å². The van der Waals surface area contributed by atoms with Gasteiger partial charge in [-0.1, -0.05) is 26.1 Å². The summed E-state index contributed by atoms with van der Waals surface area (Å²) in [5, 5.41) is 4.44. The van der Waals surface area contributed by atoms with E-state index in [0.717, 1.165) is 24.5 Å². The summed E-state index contributed by atoms with van der Waals surface area (Å²) in [6.45, 7) is 6.19. The number of rotatable bonds is 5.